The summed E-state index contributed by atoms with van der Waals surface area (Å²) in [6.07, 6.45) is 0.938. The van der Waals surface area contributed by atoms with Crippen LogP contribution in [-0.4, -0.2) is 78.9 Å². The molecular formula is C18H28N2O6. The molecule has 8 heteroatoms. The maximum Gasteiger partial charge on any atom is 0.328 e. The Balaban J connectivity index is 1.75. The topological polar surface area (TPSA) is 85.4 Å². The van der Waals surface area contributed by atoms with E-state index in [4.69, 9.17) is 14.2 Å². The molecule has 2 bridgehead atoms. The van der Waals surface area contributed by atoms with E-state index < -0.39 is 30.5 Å². The van der Waals surface area contributed by atoms with Crippen LogP contribution < -0.4 is 0 Å². The third-order valence-electron chi connectivity index (χ3n) is 5.20. The number of hydrogen-bond acceptors (Lipinski definition) is 6. The van der Waals surface area contributed by atoms with Gasteiger partial charge in [-0.05, 0) is 31.6 Å². The van der Waals surface area contributed by atoms with Crippen LogP contribution in [-0.2, 0) is 28.6 Å². The molecule has 0 aromatic heterocycles. The Morgan fingerprint density at radius 2 is 1.88 bits per heavy atom. The van der Waals surface area contributed by atoms with Crippen LogP contribution in [0.25, 0.3) is 0 Å². The van der Waals surface area contributed by atoms with Crippen molar-refractivity contribution in [2.24, 2.45) is 5.92 Å². The van der Waals surface area contributed by atoms with Gasteiger partial charge in [0.2, 0.25) is 0 Å². The molecule has 0 saturated carbocycles. The Hall–Kier alpha value is -1.67. The molecule has 3 fully saturated rings. The van der Waals surface area contributed by atoms with Crippen molar-refractivity contribution in [1.82, 2.24) is 9.80 Å². The average Bonchev–Trinajstić information content (AvgIpc) is 3.01. The van der Waals surface area contributed by atoms with E-state index in [0.717, 1.165) is 19.3 Å². The summed E-state index contributed by atoms with van der Waals surface area (Å²) in [6.45, 7) is 5.47. The number of methoxy groups -OCH3 is 1. The van der Waals surface area contributed by atoms with Gasteiger partial charge in [0.15, 0.2) is 18.5 Å². The fraction of sp³-hybridized carbons (Fsp3) is 0.833. The number of nitrogens with zero attached hydrogens (tertiary/aromatic N) is 2. The van der Waals surface area contributed by atoms with Gasteiger partial charge in [-0.15, -0.1) is 0 Å². The first kappa shape index (κ1) is 19.1. The molecular weight excluding hydrogens is 340 g/mol. The van der Waals surface area contributed by atoms with Crippen LogP contribution in [0, 0.1) is 5.92 Å². The Morgan fingerprint density at radius 3 is 2.50 bits per heavy atom. The van der Waals surface area contributed by atoms with E-state index in [0.29, 0.717) is 19.5 Å². The molecule has 0 N–H and O–H groups in total. The number of likely N-dealkylation sites (tertiary alicyclic amines) is 1. The molecule has 8 nitrogen and oxygen atoms in total. The van der Waals surface area contributed by atoms with Crippen molar-refractivity contribution in [3.05, 3.63) is 0 Å². The molecule has 3 heterocycles. The van der Waals surface area contributed by atoms with E-state index in [1.807, 2.05) is 13.8 Å². The average molecular weight is 368 g/mol. The number of carbonyl (C=O) groups excluding carboxylic acids is 3. The van der Waals surface area contributed by atoms with Gasteiger partial charge in [0.25, 0.3) is 11.8 Å². The molecule has 3 rings (SSSR count). The predicted molar refractivity (Wildman–Crippen MR) is 90.9 cm³/mol. The van der Waals surface area contributed by atoms with E-state index >= 15 is 0 Å². The van der Waals surface area contributed by atoms with Crippen LogP contribution in [0.1, 0.15) is 39.5 Å². The molecule has 3 aliphatic rings. The Morgan fingerprint density at radius 1 is 1.19 bits per heavy atom. The molecule has 0 aromatic rings. The van der Waals surface area contributed by atoms with E-state index in [9.17, 15) is 14.4 Å². The minimum Gasteiger partial charge on any atom is -0.467 e. The fourth-order valence-electron chi connectivity index (χ4n) is 3.89. The first-order chi connectivity index (χ1) is 12.4. The molecule has 0 aliphatic carbocycles. The zero-order valence-corrected chi connectivity index (χ0v) is 15.7. The number of carbonyl (C=O) groups is 3. The van der Waals surface area contributed by atoms with Crippen LogP contribution in [0.4, 0.5) is 0 Å². The van der Waals surface area contributed by atoms with Crippen LogP contribution in [0.3, 0.4) is 0 Å². The van der Waals surface area contributed by atoms with Gasteiger partial charge in [0.1, 0.15) is 6.04 Å². The SMILES string of the molecule is COC(=O)[C@H](CC(C)C)N1C[C@@H]2O[C@H](C(=O)N3CCCCC3)[C@@H](O2)C1=O. The molecule has 0 aromatic carbocycles. The van der Waals surface area contributed by atoms with Crippen LogP contribution in [0.2, 0.25) is 0 Å². The maximum absolute atomic E-state index is 13.0. The molecule has 0 unspecified atom stereocenters. The lowest BCUT2D eigenvalue weighted by molar-refractivity contribution is -0.174. The van der Waals surface area contributed by atoms with Gasteiger partial charge < -0.3 is 24.0 Å². The van der Waals surface area contributed by atoms with Crippen molar-refractivity contribution < 1.29 is 28.6 Å². The lowest BCUT2D eigenvalue weighted by Crippen LogP contribution is -2.57. The number of fused-ring (bicyclic) bond motifs is 2. The highest BCUT2D eigenvalue weighted by Crippen LogP contribution is 2.31. The largest absolute Gasteiger partial charge is 0.467 e. The number of esters is 1. The van der Waals surface area contributed by atoms with Gasteiger partial charge in [0.05, 0.1) is 13.7 Å². The zero-order chi connectivity index (χ0) is 18.8. The number of piperidine rings is 1. The molecule has 4 atom stereocenters. The lowest BCUT2D eigenvalue weighted by atomic mass is 10.0. The van der Waals surface area contributed by atoms with Crippen molar-refractivity contribution >= 4 is 17.8 Å². The second-order valence-electron chi connectivity index (χ2n) is 7.59. The fourth-order valence-corrected chi connectivity index (χ4v) is 3.89. The Bertz CT molecular complexity index is 560. The summed E-state index contributed by atoms with van der Waals surface area (Å²) in [5.41, 5.74) is 0. The van der Waals surface area contributed by atoms with Crippen molar-refractivity contribution in [2.45, 2.75) is 64.1 Å². The number of rotatable bonds is 5. The third kappa shape index (κ3) is 3.71. The minimum absolute atomic E-state index is 0.131. The first-order valence-corrected chi connectivity index (χ1v) is 9.40. The number of morpholine rings is 1. The van der Waals surface area contributed by atoms with Crippen LogP contribution >= 0.6 is 0 Å². The Kier molecular flexibility index (Phi) is 5.82. The lowest BCUT2D eigenvalue weighted by Gasteiger charge is -2.36. The number of ether oxygens (including phenoxy) is 3. The van der Waals surface area contributed by atoms with Crippen LogP contribution in [0.15, 0.2) is 0 Å². The van der Waals surface area contributed by atoms with Gasteiger partial charge in [-0.2, -0.15) is 0 Å². The van der Waals surface area contributed by atoms with Gasteiger partial charge in [0, 0.05) is 13.1 Å². The Labute approximate surface area is 153 Å². The van der Waals surface area contributed by atoms with Crippen molar-refractivity contribution in [3.8, 4) is 0 Å². The van der Waals surface area contributed by atoms with Gasteiger partial charge in [-0.25, -0.2) is 4.79 Å². The monoisotopic (exact) mass is 368 g/mol. The third-order valence-corrected chi connectivity index (χ3v) is 5.20. The maximum atomic E-state index is 13.0. The highest BCUT2D eigenvalue weighted by atomic mass is 16.7. The zero-order valence-electron chi connectivity index (χ0n) is 15.7. The highest BCUT2D eigenvalue weighted by Gasteiger charge is 2.54. The summed E-state index contributed by atoms with van der Waals surface area (Å²) < 4.78 is 16.2. The summed E-state index contributed by atoms with van der Waals surface area (Å²) in [6, 6.07) is -0.686. The van der Waals surface area contributed by atoms with E-state index in [1.54, 1.807) is 4.90 Å². The van der Waals surface area contributed by atoms with Crippen molar-refractivity contribution in [3.63, 3.8) is 0 Å². The summed E-state index contributed by atoms with van der Waals surface area (Å²) in [4.78, 5) is 41.2. The summed E-state index contributed by atoms with van der Waals surface area (Å²) in [5.74, 6) is -0.803. The molecule has 0 spiro atoms. The van der Waals surface area contributed by atoms with Gasteiger partial charge in [-0.3, -0.25) is 9.59 Å². The molecule has 3 aliphatic heterocycles. The molecule has 0 radical (unpaired) electrons. The molecule has 3 saturated heterocycles. The quantitative estimate of drug-likeness (QED) is 0.659. The van der Waals surface area contributed by atoms with Crippen molar-refractivity contribution in [2.75, 3.05) is 26.7 Å². The summed E-state index contributed by atoms with van der Waals surface area (Å²) in [7, 11) is 1.31. The van der Waals surface area contributed by atoms with Gasteiger partial charge >= 0.3 is 5.97 Å². The number of hydrogen-bond donors (Lipinski definition) is 0. The second kappa shape index (κ2) is 7.92. The second-order valence-corrected chi connectivity index (χ2v) is 7.59. The first-order valence-electron chi connectivity index (χ1n) is 9.40. The van der Waals surface area contributed by atoms with Crippen molar-refractivity contribution in [1.29, 1.82) is 0 Å². The summed E-state index contributed by atoms with van der Waals surface area (Å²) in [5, 5.41) is 0. The highest BCUT2D eigenvalue weighted by molar-refractivity contribution is 5.94. The molecule has 146 valence electrons. The predicted octanol–water partition coefficient (Wildman–Crippen LogP) is 0.539. The minimum atomic E-state index is -0.984. The molecule has 2 amide bonds. The standard InChI is InChI=1S/C18H28N2O6/c1-11(2)9-12(18(23)24-3)20-10-13-25-14(15(26-13)17(20)22)16(21)19-7-5-4-6-8-19/h11-15H,4-10H2,1-3H3/t12-,13+,14-,15+/m0/s1. The van der Waals surface area contributed by atoms with Crippen LogP contribution in [0.5, 0.6) is 0 Å². The van der Waals surface area contributed by atoms with E-state index in [1.165, 1.54) is 12.0 Å². The summed E-state index contributed by atoms with van der Waals surface area (Å²) >= 11 is 0. The molecule has 26 heavy (non-hydrogen) atoms. The smallest absolute Gasteiger partial charge is 0.328 e. The van der Waals surface area contributed by atoms with E-state index in [2.05, 4.69) is 0 Å². The normalized spacial score (nSPS) is 29.8. The van der Waals surface area contributed by atoms with Gasteiger partial charge in [-0.1, -0.05) is 13.8 Å². The number of amides is 2. The van der Waals surface area contributed by atoms with E-state index in [-0.39, 0.29) is 24.3 Å².